The van der Waals surface area contributed by atoms with E-state index in [2.05, 4.69) is 19.2 Å². The first-order chi connectivity index (χ1) is 9.00. The summed E-state index contributed by atoms with van der Waals surface area (Å²) in [6.07, 6.45) is 3.85. The quantitative estimate of drug-likeness (QED) is 0.464. The first-order valence-electron chi connectivity index (χ1n) is 7.54. The second kappa shape index (κ2) is 10.2. The SMILES string of the molecule is CCCCOC(C)CC(C)(NCCC)C(=O)OCC. The van der Waals surface area contributed by atoms with Crippen molar-refractivity contribution in [3.05, 3.63) is 0 Å². The summed E-state index contributed by atoms with van der Waals surface area (Å²) in [5.74, 6) is -0.186. The van der Waals surface area contributed by atoms with Gasteiger partial charge in [-0.2, -0.15) is 0 Å². The first-order valence-corrected chi connectivity index (χ1v) is 7.54. The molecular formula is C15H31NO3. The van der Waals surface area contributed by atoms with Gasteiger partial charge in [-0.25, -0.2) is 0 Å². The molecule has 0 bridgehead atoms. The molecule has 0 rings (SSSR count). The van der Waals surface area contributed by atoms with Gasteiger partial charge in [-0.1, -0.05) is 20.3 Å². The smallest absolute Gasteiger partial charge is 0.326 e. The van der Waals surface area contributed by atoms with Gasteiger partial charge in [0.05, 0.1) is 12.7 Å². The van der Waals surface area contributed by atoms with Crippen LogP contribution in [0.15, 0.2) is 0 Å². The molecule has 0 aromatic rings. The monoisotopic (exact) mass is 273 g/mol. The zero-order valence-corrected chi connectivity index (χ0v) is 13.3. The average molecular weight is 273 g/mol. The Morgan fingerprint density at radius 2 is 1.95 bits per heavy atom. The Hall–Kier alpha value is -0.610. The maximum absolute atomic E-state index is 12.1. The third-order valence-corrected chi connectivity index (χ3v) is 3.09. The summed E-state index contributed by atoms with van der Waals surface area (Å²) < 4.78 is 10.9. The van der Waals surface area contributed by atoms with Gasteiger partial charge in [0.1, 0.15) is 5.54 Å². The van der Waals surface area contributed by atoms with Gasteiger partial charge in [0.2, 0.25) is 0 Å². The Morgan fingerprint density at radius 3 is 2.47 bits per heavy atom. The van der Waals surface area contributed by atoms with Crippen molar-refractivity contribution in [2.24, 2.45) is 0 Å². The van der Waals surface area contributed by atoms with E-state index in [1.165, 1.54) is 0 Å². The van der Waals surface area contributed by atoms with Crippen molar-refractivity contribution in [3.8, 4) is 0 Å². The Kier molecular flexibility index (Phi) is 9.88. The molecule has 0 radical (unpaired) electrons. The summed E-state index contributed by atoms with van der Waals surface area (Å²) in [5, 5.41) is 3.30. The average Bonchev–Trinajstić information content (AvgIpc) is 2.37. The summed E-state index contributed by atoms with van der Waals surface area (Å²) in [5.41, 5.74) is -0.655. The highest BCUT2D eigenvalue weighted by Gasteiger charge is 2.35. The molecule has 19 heavy (non-hydrogen) atoms. The van der Waals surface area contributed by atoms with Crippen LogP contribution >= 0.6 is 0 Å². The highest BCUT2D eigenvalue weighted by Crippen LogP contribution is 2.17. The van der Waals surface area contributed by atoms with Gasteiger partial charge in [-0.05, 0) is 40.2 Å². The fourth-order valence-electron chi connectivity index (χ4n) is 1.98. The van der Waals surface area contributed by atoms with Crippen LogP contribution in [0.2, 0.25) is 0 Å². The lowest BCUT2D eigenvalue weighted by Crippen LogP contribution is -2.52. The predicted octanol–water partition coefficient (Wildman–Crippen LogP) is 2.90. The minimum absolute atomic E-state index is 0.0466. The molecule has 114 valence electrons. The largest absolute Gasteiger partial charge is 0.465 e. The molecule has 0 aliphatic carbocycles. The normalized spacial score (nSPS) is 15.8. The maximum Gasteiger partial charge on any atom is 0.326 e. The number of nitrogens with one attached hydrogen (secondary N) is 1. The van der Waals surface area contributed by atoms with Gasteiger partial charge in [0.25, 0.3) is 0 Å². The van der Waals surface area contributed by atoms with Crippen molar-refractivity contribution in [2.45, 2.75) is 71.9 Å². The third kappa shape index (κ3) is 7.53. The van der Waals surface area contributed by atoms with Gasteiger partial charge in [-0.15, -0.1) is 0 Å². The fraction of sp³-hybridized carbons (Fsp3) is 0.933. The molecule has 0 amide bonds. The van der Waals surface area contributed by atoms with Crippen molar-refractivity contribution < 1.29 is 14.3 Å². The van der Waals surface area contributed by atoms with E-state index in [9.17, 15) is 4.79 Å². The number of hydrogen-bond donors (Lipinski definition) is 1. The van der Waals surface area contributed by atoms with E-state index in [-0.39, 0.29) is 12.1 Å². The van der Waals surface area contributed by atoms with E-state index in [1.807, 2.05) is 20.8 Å². The van der Waals surface area contributed by atoms with Gasteiger partial charge in [-0.3, -0.25) is 4.79 Å². The Labute approximate surface area is 118 Å². The van der Waals surface area contributed by atoms with Crippen molar-refractivity contribution >= 4 is 5.97 Å². The van der Waals surface area contributed by atoms with E-state index >= 15 is 0 Å². The molecule has 0 spiro atoms. The van der Waals surface area contributed by atoms with E-state index in [1.54, 1.807) is 0 Å². The van der Waals surface area contributed by atoms with E-state index < -0.39 is 5.54 Å². The summed E-state index contributed by atoms with van der Waals surface area (Å²) >= 11 is 0. The molecule has 0 aromatic heterocycles. The summed E-state index contributed by atoms with van der Waals surface area (Å²) in [6, 6.07) is 0. The Morgan fingerprint density at radius 1 is 1.26 bits per heavy atom. The van der Waals surface area contributed by atoms with Crippen molar-refractivity contribution in [3.63, 3.8) is 0 Å². The third-order valence-electron chi connectivity index (χ3n) is 3.09. The van der Waals surface area contributed by atoms with Crippen LogP contribution in [0.25, 0.3) is 0 Å². The van der Waals surface area contributed by atoms with Gasteiger partial charge >= 0.3 is 5.97 Å². The molecule has 0 aliphatic rings. The predicted molar refractivity (Wildman–Crippen MR) is 78.3 cm³/mol. The zero-order chi connectivity index (χ0) is 14.7. The number of carbonyl (C=O) groups excluding carboxylic acids is 1. The molecule has 1 N–H and O–H groups in total. The van der Waals surface area contributed by atoms with Crippen LogP contribution in [0.5, 0.6) is 0 Å². The van der Waals surface area contributed by atoms with Crippen LogP contribution in [0.3, 0.4) is 0 Å². The van der Waals surface area contributed by atoms with E-state index in [4.69, 9.17) is 9.47 Å². The molecule has 2 atom stereocenters. The van der Waals surface area contributed by atoms with E-state index in [0.29, 0.717) is 13.0 Å². The fourth-order valence-corrected chi connectivity index (χ4v) is 1.98. The molecule has 4 heteroatoms. The number of ether oxygens (including phenoxy) is 2. The maximum atomic E-state index is 12.1. The summed E-state index contributed by atoms with van der Waals surface area (Å²) in [7, 11) is 0. The van der Waals surface area contributed by atoms with Crippen molar-refractivity contribution in [1.29, 1.82) is 0 Å². The molecule has 4 nitrogen and oxygen atoms in total. The van der Waals surface area contributed by atoms with Crippen LogP contribution < -0.4 is 5.32 Å². The minimum atomic E-state index is -0.655. The minimum Gasteiger partial charge on any atom is -0.465 e. The topological polar surface area (TPSA) is 47.6 Å². The van der Waals surface area contributed by atoms with Gasteiger partial charge in [0, 0.05) is 13.0 Å². The van der Waals surface area contributed by atoms with Crippen molar-refractivity contribution in [2.75, 3.05) is 19.8 Å². The number of unbranched alkanes of at least 4 members (excludes halogenated alkanes) is 1. The first kappa shape index (κ1) is 18.4. The molecule has 0 saturated heterocycles. The summed E-state index contributed by atoms with van der Waals surface area (Å²) in [6.45, 7) is 11.9. The van der Waals surface area contributed by atoms with Crippen LogP contribution in [0, 0.1) is 0 Å². The number of carbonyl (C=O) groups is 1. The Balaban J connectivity index is 4.43. The highest BCUT2D eigenvalue weighted by atomic mass is 16.5. The molecule has 0 fully saturated rings. The van der Waals surface area contributed by atoms with E-state index in [0.717, 1.165) is 32.4 Å². The number of hydrogen-bond acceptors (Lipinski definition) is 4. The molecule has 2 unspecified atom stereocenters. The molecule has 0 saturated carbocycles. The number of esters is 1. The lowest BCUT2D eigenvalue weighted by molar-refractivity contribution is -0.152. The number of rotatable bonds is 11. The van der Waals surface area contributed by atoms with Crippen LogP contribution in [0.4, 0.5) is 0 Å². The molecular weight excluding hydrogens is 242 g/mol. The highest BCUT2D eigenvalue weighted by molar-refractivity contribution is 5.80. The second-order valence-corrected chi connectivity index (χ2v) is 5.22. The van der Waals surface area contributed by atoms with Crippen LogP contribution in [-0.4, -0.2) is 37.4 Å². The molecule has 0 aliphatic heterocycles. The molecule has 0 heterocycles. The Bertz CT molecular complexity index is 246. The summed E-state index contributed by atoms with van der Waals surface area (Å²) in [4.78, 5) is 12.1. The van der Waals surface area contributed by atoms with Gasteiger partial charge in [0.15, 0.2) is 0 Å². The van der Waals surface area contributed by atoms with Crippen molar-refractivity contribution in [1.82, 2.24) is 5.32 Å². The second-order valence-electron chi connectivity index (χ2n) is 5.22. The standard InChI is InChI=1S/C15H31NO3/c1-6-9-11-19-13(4)12-15(5,16-10-7-2)14(17)18-8-3/h13,16H,6-12H2,1-5H3. The lowest BCUT2D eigenvalue weighted by Gasteiger charge is -2.31. The van der Waals surface area contributed by atoms with Crippen LogP contribution in [-0.2, 0) is 14.3 Å². The molecule has 0 aromatic carbocycles. The lowest BCUT2D eigenvalue weighted by atomic mass is 9.94. The van der Waals surface area contributed by atoms with Crippen LogP contribution in [0.1, 0.15) is 60.3 Å². The van der Waals surface area contributed by atoms with Gasteiger partial charge < -0.3 is 14.8 Å². The zero-order valence-electron chi connectivity index (χ0n) is 13.3.